The third kappa shape index (κ3) is 5.32. The Labute approximate surface area is 233 Å². The molecule has 2 heterocycles. The molecule has 1 amide bonds. The first kappa shape index (κ1) is 28.5. The molecule has 40 heavy (non-hydrogen) atoms. The molecule has 0 unspecified atom stereocenters. The number of nitrogens with zero attached hydrogens (tertiary/aromatic N) is 2. The minimum absolute atomic E-state index is 0.0359. The Balaban J connectivity index is 1.28. The number of piperidine rings is 1. The first-order valence-corrected chi connectivity index (χ1v) is 14.1. The molecule has 0 aromatic heterocycles. The number of carboxylic acids is 1. The number of rotatable bonds is 5. The fourth-order valence-corrected chi connectivity index (χ4v) is 7.10. The van der Waals surface area contributed by atoms with Crippen LogP contribution in [0.2, 0.25) is 0 Å². The molecule has 0 bridgehead atoms. The minimum Gasteiger partial charge on any atom is -0.478 e. The van der Waals surface area contributed by atoms with E-state index in [9.17, 15) is 27.9 Å². The zero-order valence-corrected chi connectivity index (χ0v) is 23.2. The first-order chi connectivity index (χ1) is 18.9. The summed E-state index contributed by atoms with van der Waals surface area (Å²) in [5.41, 5.74) is 0.413. The van der Waals surface area contributed by atoms with E-state index in [1.807, 2.05) is 12.1 Å². The number of benzene rings is 2. The molecule has 216 valence electrons. The van der Waals surface area contributed by atoms with Crippen LogP contribution in [-0.2, 0) is 17.5 Å². The van der Waals surface area contributed by atoms with Gasteiger partial charge in [0.15, 0.2) is 6.73 Å². The molecule has 5 rings (SSSR count). The number of halogens is 3. The number of carbonyl (C=O) groups excluding carboxylic acids is 1. The van der Waals surface area contributed by atoms with E-state index in [4.69, 9.17) is 4.74 Å². The summed E-state index contributed by atoms with van der Waals surface area (Å²) in [5.74, 6) is 0.114. The second-order valence-corrected chi connectivity index (χ2v) is 12.1. The molecule has 1 N–H and O–H groups in total. The van der Waals surface area contributed by atoms with Crippen LogP contribution in [-0.4, -0.2) is 52.6 Å². The Hall–Kier alpha value is -3.07. The lowest BCUT2D eigenvalue weighted by Gasteiger charge is -2.42. The third-order valence-electron chi connectivity index (χ3n) is 9.48. The summed E-state index contributed by atoms with van der Waals surface area (Å²) in [5, 5.41) is 9.39. The highest BCUT2D eigenvalue weighted by Crippen LogP contribution is 2.49. The molecule has 0 radical (unpaired) electrons. The van der Waals surface area contributed by atoms with Crippen LogP contribution in [0.1, 0.15) is 79.4 Å². The normalized spacial score (nSPS) is 27.4. The van der Waals surface area contributed by atoms with Gasteiger partial charge in [-0.15, -0.1) is 0 Å². The van der Waals surface area contributed by atoms with Crippen molar-refractivity contribution in [3.63, 3.8) is 0 Å². The number of likely N-dealkylation sites (tertiary alicyclic amines) is 1. The van der Waals surface area contributed by atoms with E-state index in [1.165, 1.54) is 6.07 Å². The maximum atomic E-state index is 14.0. The number of ether oxygens (including phenoxy) is 1. The average Bonchev–Trinajstić information content (AvgIpc) is 3.38. The van der Waals surface area contributed by atoms with Gasteiger partial charge in [-0.05, 0) is 85.9 Å². The van der Waals surface area contributed by atoms with Crippen molar-refractivity contribution in [1.29, 1.82) is 0 Å². The Morgan fingerprint density at radius 2 is 1.90 bits per heavy atom. The van der Waals surface area contributed by atoms with Gasteiger partial charge in [-0.2, -0.15) is 13.2 Å². The summed E-state index contributed by atoms with van der Waals surface area (Å²) in [6.45, 7) is 8.21. The molecule has 4 atom stereocenters. The van der Waals surface area contributed by atoms with Gasteiger partial charge in [0, 0.05) is 18.2 Å². The number of amides is 1. The number of aromatic carboxylic acids is 1. The highest BCUT2D eigenvalue weighted by Gasteiger charge is 2.51. The number of carboxylic acid groups (broad SMARTS) is 1. The molecular weight excluding hydrogens is 521 g/mol. The summed E-state index contributed by atoms with van der Waals surface area (Å²) >= 11 is 0. The van der Waals surface area contributed by atoms with Crippen molar-refractivity contribution in [2.45, 2.75) is 71.1 Å². The van der Waals surface area contributed by atoms with Gasteiger partial charge in [0.2, 0.25) is 5.91 Å². The van der Waals surface area contributed by atoms with Crippen molar-refractivity contribution in [3.05, 3.63) is 64.7 Å². The van der Waals surface area contributed by atoms with Crippen molar-refractivity contribution in [1.82, 2.24) is 9.80 Å². The fraction of sp³-hybridized carbons (Fsp3) is 0.548. The monoisotopic (exact) mass is 558 g/mol. The van der Waals surface area contributed by atoms with Gasteiger partial charge in [-0.1, -0.05) is 32.9 Å². The summed E-state index contributed by atoms with van der Waals surface area (Å²) in [6.07, 6.45) is -1.21. The van der Waals surface area contributed by atoms with Crippen LogP contribution in [0, 0.1) is 17.3 Å². The lowest BCUT2D eigenvalue weighted by molar-refractivity contribution is -0.150. The Morgan fingerprint density at radius 1 is 1.12 bits per heavy atom. The molecule has 0 spiro atoms. The van der Waals surface area contributed by atoms with E-state index in [1.54, 1.807) is 17.0 Å². The van der Waals surface area contributed by atoms with Gasteiger partial charge in [-0.25, -0.2) is 4.79 Å². The summed E-state index contributed by atoms with van der Waals surface area (Å²) in [7, 11) is 0. The second kappa shape index (κ2) is 10.7. The van der Waals surface area contributed by atoms with E-state index in [2.05, 4.69) is 25.7 Å². The van der Waals surface area contributed by atoms with E-state index in [-0.39, 0.29) is 37.1 Å². The smallest absolute Gasteiger partial charge is 0.416 e. The first-order valence-electron chi connectivity index (χ1n) is 14.1. The molecule has 1 saturated heterocycles. The van der Waals surface area contributed by atoms with Crippen LogP contribution in [0.4, 0.5) is 13.2 Å². The summed E-state index contributed by atoms with van der Waals surface area (Å²) in [6, 6.07) is 10.9. The van der Waals surface area contributed by atoms with E-state index in [0.29, 0.717) is 29.2 Å². The van der Waals surface area contributed by atoms with E-state index >= 15 is 0 Å². The molecule has 2 aromatic carbocycles. The lowest BCUT2D eigenvalue weighted by Crippen LogP contribution is -2.49. The van der Waals surface area contributed by atoms with Crippen molar-refractivity contribution in [3.8, 4) is 5.75 Å². The predicted octanol–water partition coefficient (Wildman–Crippen LogP) is 6.40. The fourth-order valence-electron chi connectivity index (χ4n) is 7.10. The summed E-state index contributed by atoms with van der Waals surface area (Å²) < 4.78 is 45.6. The molecule has 1 saturated carbocycles. The number of hydrogen-bond acceptors (Lipinski definition) is 4. The van der Waals surface area contributed by atoms with Crippen LogP contribution in [0.5, 0.6) is 5.75 Å². The highest BCUT2D eigenvalue weighted by atomic mass is 19.4. The molecule has 1 aliphatic carbocycles. The Bertz CT molecular complexity index is 1280. The molecular formula is C31H37F3N2O4. The largest absolute Gasteiger partial charge is 0.478 e. The zero-order valence-electron chi connectivity index (χ0n) is 23.2. The molecule has 2 aromatic rings. The Morgan fingerprint density at radius 3 is 2.58 bits per heavy atom. The SMILES string of the molecule is CC(C)[C@]1(C(=O)N2COc3ccc(C(F)(F)F)cc3C2)CC[C@@H](N2CC[C@H](c3cccc(C(=O)O)c3)[C@H](C)C2)C1. The predicted molar refractivity (Wildman–Crippen MR) is 144 cm³/mol. The molecule has 9 heteroatoms. The number of fused-ring (bicyclic) bond motifs is 1. The number of carbonyl (C=O) groups is 2. The van der Waals surface area contributed by atoms with Gasteiger partial charge >= 0.3 is 12.1 Å². The van der Waals surface area contributed by atoms with Gasteiger partial charge in [0.1, 0.15) is 5.75 Å². The van der Waals surface area contributed by atoms with E-state index < -0.39 is 23.1 Å². The molecule has 6 nitrogen and oxygen atoms in total. The van der Waals surface area contributed by atoms with Crippen molar-refractivity contribution in [2.75, 3.05) is 19.8 Å². The van der Waals surface area contributed by atoms with Crippen molar-refractivity contribution < 1.29 is 32.6 Å². The maximum Gasteiger partial charge on any atom is 0.416 e. The van der Waals surface area contributed by atoms with Crippen LogP contribution in [0.3, 0.4) is 0 Å². The van der Waals surface area contributed by atoms with E-state index in [0.717, 1.165) is 50.0 Å². The van der Waals surface area contributed by atoms with Crippen LogP contribution >= 0.6 is 0 Å². The third-order valence-corrected chi connectivity index (χ3v) is 9.48. The number of alkyl halides is 3. The topological polar surface area (TPSA) is 70.1 Å². The zero-order chi connectivity index (χ0) is 28.8. The molecule has 3 aliphatic rings. The van der Waals surface area contributed by atoms with Gasteiger partial charge in [-0.3, -0.25) is 4.79 Å². The van der Waals surface area contributed by atoms with Gasteiger partial charge in [0.05, 0.1) is 23.1 Å². The maximum absolute atomic E-state index is 14.0. The van der Waals surface area contributed by atoms with Crippen LogP contribution < -0.4 is 4.74 Å². The van der Waals surface area contributed by atoms with Crippen LogP contribution in [0.25, 0.3) is 0 Å². The summed E-state index contributed by atoms with van der Waals surface area (Å²) in [4.78, 5) is 29.5. The minimum atomic E-state index is -4.46. The number of hydrogen-bond donors (Lipinski definition) is 1. The highest BCUT2D eigenvalue weighted by molar-refractivity contribution is 5.87. The lowest BCUT2D eigenvalue weighted by atomic mass is 9.74. The van der Waals surface area contributed by atoms with Crippen LogP contribution in [0.15, 0.2) is 42.5 Å². The standard InChI is InChI=1S/C31H37F3N2O4/c1-19(2)30(29(39)36-17-23-14-24(31(32,33)34)7-8-27(23)40-18-36)11-9-25(15-30)35-12-10-26(20(3)16-35)21-5-4-6-22(13-21)28(37)38/h4-8,13-14,19-20,25-26H,9-12,15-18H2,1-3H3,(H,37,38)/t20-,25-,26+,30+/m1/s1. The van der Waals surface area contributed by atoms with Crippen molar-refractivity contribution >= 4 is 11.9 Å². The second-order valence-electron chi connectivity index (χ2n) is 12.1. The molecule has 2 aliphatic heterocycles. The quantitative estimate of drug-likeness (QED) is 0.460. The van der Waals surface area contributed by atoms with Gasteiger partial charge in [0.25, 0.3) is 0 Å². The Kier molecular flexibility index (Phi) is 7.63. The van der Waals surface area contributed by atoms with Crippen molar-refractivity contribution in [2.24, 2.45) is 17.3 Å². The van der Waals surface area contributed by atoms with Gasteiger partial charge < -0.3 is 19.6 Å². The average molecular weight is 559 g/mol. The molecule has 2 fully saturated rings.